The summed E-state index contributed by atoms with van der Waals surface area (Å²) in [6, 6.07) is 106. The highest BCUT2D eigenvalue weighted by Crippen LogP contribution is 2.52. The highest BCUT2D eigenvalue weighted by Gasteiger charge is 2.29. The highest BCUT2D eigenvalue weighted by atomic mass is 15.0. The summed E-state index contributed by atoms with van der Waals surface area (Å²) in [5, 5.41) is 10.0. The zero-order valence-corrected chi connectivity index (χ0v) is 48.9. The molecule has 0 saturated carbocycles. The zero-order chi connectivity index (χ0) is 58.3. The molecule has 0 fully saturated rings. The van der Waals surface area contributed by atoms with E-state index >= 15 is 0 Å². The van der Waals surface area contributed by atoms with Crippen molar-refractivity contribution in [2.45, 2.75) is 20.3 Å². The lowest BCUT2D eigenvalue weighted by atomic mass is 9.84. The van der Waals surface area contributed by atoms with Crippen molar-refractivity contribution in [3.05, 3.63) is 331 Å². The molecule has 16 aromatic rings. The quantitative estimate of drug-likeness (QED) is 0.128. The summed E-state index contributed by atoms with van der Waals surface area (Å²) < 4.78 is 7.34. The summed E-state index contributed by atoms with van der Waals surface area (Å²) in [6.07, 6.45) is 0.957. The maximum Gasteiger partial charge on any atom is 0.0547 e. The minimum Gasteiger partial charge on any atom is -0.309 e. The summed E-state index contributed by atoms with van der Waals surface area (Å²) in [7, 11) is 0. The number of nitrogens with zero attached hydrogens (tertiary/aromatic N) is 3. The Hall–Kier alpha value is -11.3. The van der Waals surface area contributed by atoms with Gasteiger partial charge in [0.25, 0.3) is 0 Å². The number of hydrogen-bond acceptors (Lipinski definition) is 0. The van der Waals surface area contributed by atoms with Crippen LogP contribution in [0.15, 0.2) is 297 Å². The van der Waals surface area contributed by atoms with Gasteiger partial charge in [-0.2, -0.15) is 0 Å². The van der Waals surface area contributed by atoms with Gasteiger partial charge >= 0.3 is 0 Å². The highest BCUT2D eigenvalue weighted by molar-refractivity contribution is 6.28. The molecule has 0 unspecified atom stereocenters. The number of benzene rings is 13. The third kappa shape index (κ3) is 7.25. The monoisotopic (exact) mass is 1120 g/mol. The van der Waals surface area contributed by atoms with Crippen molar-refractivity contribution in [1.29, 1.82) is 0 Å². The van der Waals surface area contributed by atoms with Crippen molar-refractivity contribution in [2.24, 2.45) is 0 Å². The van der Waals surface area contributed by atoms with E-state index in [9.17, 15) is 0 Å². The Morgan fingerprint density at radius 1 is 0.330 bits per heavy atom. The minimum atomic E-state index is 0.957. The largest absolute Gasteiger partial charge is 0.309 e. The number of rotatable bonds is 9. The Balaban J connectivity index is 0.781. The van der Waals surface area contributed by atoms with Gasteiger partial charge in [-0.15, -0.1) is 0 Å². The van der Waals surface area contributed by atoms with E-state index in [1.54, 1.807) is 0 Å². The van der Waals surface area contributed by atoms with E-state index in [0.717, 1.165) is 45.8 Å². The van der Waals surface area contributed by atoms with Crippen molar-refractivity contribution in [1.82, 2.24) is 13.7 Å². The molecular formula is C85H57N3. The molecule has 0 radical (unpaired) electrons. The maximum atomic E-state index is 5.01. The van der Waals surface area contributed by atoms with Crippen LogP contribution in [-0.2, 0) is 6.42 Å². The van der Waals surface area contributed by atoms with Crippen LogP contribution >= 0.6 is 0 Å². The van der Waals surface area contributed by atoms with E-state index in [-0.39, 0.29) is 0 Å². The van der Waals surface area contributed by atoms with E-state index in [1.807, 2.05) is 0 Å². The second-order valence-electron chi connectivity index (χ2n) is 24.0. The number of aromatic nitrogens is 3. The molecule has 0 aliphatic heterocycles. The molecule has 0 amide bonds. The first-order chi connectivity index (χ1) is 43.5. The number of fused-ring (bicyclic) bond motifs is 12. The van der Waals surface area contributed by atoms with E-state index < -0.39 is 0 Å². The van der Waals surface area contributed by atoms with Gasteiger partial charge in [0.2, 0.25) is 0 Å². The van der Waals surface area contributed by atoms with Gasteiger partial charge < -0.3 is 13.7 Å². The van der Waals surface area contributed by atoms with E-state index in [2.05, 4.69) is 313 Å². The van der Waals surface area contributed by atoms with Gasteiger partial charge in [-0.25, -0.2) is 0 Å². The third-order valence-electron chi connectivity index (χ3n) is 19.4. The first-order valence-electron chi connectivity index (χ1n) is 30.7. The van der Waals surface area contributed by atoms with Crippen molar-refractivity contribution < 1.29 is 0 Å². The molecule has 2 aliphatic rings. The summed E-state index contributed by atoms with van der Waals surface area (Å²) in [5.74, 6) is 0. The molecule has 2 aliphatic carbocycles. The fraction of sp³-hybridized carbons (Fsp3) is 0.0353. The lowest BCUT2D eigenvalue weighted by Gasteiger charge is -2.20. The van der Waals surface area contributed by atoms with Gasteiger partial charge in [-0.1, -0.05) is 219 Å². The van der Waals surface area contributed by atoms with Crippen LogP contribution in [0, 0.1) is 0 Å². The number of allylic oxidation sites excluding steroid dienone is 5. The number of hydrogen-bond donors (Lipinski definition) is 0. The first kappa shape index (κ1) is 50.1. The van der Waals surface area contributed by atoms with E-state index in [0.29, 0.717) is 0 Å². The average molecular weight is 1120 g/mol. The molecule has 0 spiro atoms. The van der Waals surface area contributed by atoms with Gasteiger partial charge in [-0.05, 0) is 198 Å². The zero-order valence-electron chi connectivity index (χ0n) is 48.9. The molecule has 13 aromatic carbocycles. The van der Waals surface area contributed by atoms with Crippen LogP contribution in [0.4, 0.5) is 0 Å². The summed E-state index contributed by atoms with van der Waals surface area (Å²) in [4.78, 5) is 0. The molecule has 412 valence electrons. The molecule has 0 atom stereocenters. The lowest BCUT2D eigenvalue weighted by molar-refractivity contribution is 1.18. The standard InChI is InChI=1S/C85H57N3/c1-52(55-46-48-61(49-47-55)87-74-41-13-10-32-70(74)85-68(38-21-44-77(85)87)67-37-20-43-76-84(67)69-31-9-12-40-73(69)86(76)60-27-5-4-6-28-60)53(2)79(80-54(3)63-34-16-23-56-24-17-39-72(80)81(56)63)59-25-15-29-62(51-59)88-75-42-14-11-33-71(75)83-66(36-19-45-78(83)88)65-35-18-26-58-50-57-22-7-8-30-64(57)82(58)65/h4-49,51H,1,50H2,2-3H3/b79-53-. The normalized spacial score (nSPS) is 13.0. The van der Waals surface area contributed by atoms with Crippen LogP contribution in [0.2, 0.25) is 0 Å². The second kappa shape index (κ2) is 19.4. The number of para-hydroxylation sites is 4. The second-order valence-corrected chi connectivity index (χ2v) is 24.0. The molecule has 3 nitrogen and oxygen atoms in total. The van der Waals surface area contributed by atoms with Gasteiger partial charge in [0.05, 0.1) is 33.1 Å². The Morgan fingerprint density at radius 2 is 0.761 bits per heavy atom. The van der Waals surface area contributed by atoms with Gasteiger partial charge in [-0.3, -0.25) is 0 Å². The van der Waals surface area contributed by atoms with Crippen molar-refractivity contribution >= 4 is 98.5 Å². The Labute approximate surface area is 510 Å². The van der Waals surface area contributed by atoms with Crippen molar-refractivity contribution in [3.63, 3.8) is 0 Å². The fourth-order valence-corrected chi connectivity index (χ4v) is 15.6. The van der Waals surface area contributed by atoms with Crippen molar-refractivity contribution in [2.75, 3.05) is 0 Å². The topological polar surface area (TPSA) is 14.8 Å². The van der Waals surface area contributed by atoms with E-state index in [1.165, 1.54) is 149 Å². The predicted octanol–water partition coefficient (Wildman–Crippen LogP) is 22.5. The predicted molar refractivity (Wildman–Crippen MR) is 373 cm³/mol. The van der Waals surface area contributed by atoms with Gasteiger partial charge in [0.1, 0.15) is 0 Å². The minimum absolute atomic E-state index is 0.957. The molecule has 0 bridgehead atoms. The maximum absolute atomic E-state index is 5.01. The van der Waals surface area contributed by atoms with Crippen LogP contribution in [-0.4, -0.2) is 13.7 Å². The van der Waals surface area contributed by atoms with Crippen LogP contribution in [0.3, 0.4) is 0 Å². The summed E-state index contributed by atoms with van der Waals surface area (Å²) in [5.41, 5.74) is 31.5. The molecular weight excluding hydrogens is 1060 g/mol. The van der Waals surface area contributed by atoms with Gasteiger partial charge in [0.15, 0.2) is 0 Å². The SMILES string of the molecule is C=C(/C(C)=C(\C1=C(C)c2cccc3cccc1c23)c1cccc(-n2c3ccccc3c3c(-c4cccc5c4-c4ccccc4C5)cccc32)c1)c1ccc(-n2c3ccccc3c3c(-c4cccc5c4c4ccccc4n5-c4ccccc4)cccc32)cc1. The Bertz CT molecular complexity index is 5730. The van der Waals surface area contributed by atoms with Crippen LogP contribution in [0.1, 0.15) is 47.2 Å². The van der Waals surface area contributed by atoms with Crippen LogP contribution in [0.5, 0.6) is 0 Å². The van der Waals surface area contributed by atoms with E-state index in [4.69, 9.17) is 6.58 Å². The molecule has 0 saturated heterocycles. The fourth-order valence-electron chi connectivity index (χ4n) is 15.6. The molecule has 88 heavy (non-hydrogen) atoms. The Kier molecular flexibility index (Phi) is 11.0. The smallest absolute Gasteiger partial charge is 0.0547 e. The average Bonchev–Trinajstić information content (AvgIpc) is 2.70. The molecule has 18 rings (SSSR count). The Morgan fingerprint density at radius 3 is 1.39 bits per heavy atom. The summed E-state index contributed by atoms with van der Waals surface area (Å²) >= 11 is 0. The summed E-state index contributed by atoms with van der Waals surface area (Å²) in [6.45, 7) is 9.61. The molecule has 3 aromatic heterocycles. The van der Waals surface area contributed by atoms with Crippen LogP contribution < -0.4 is 0 Å². The van der Waals surface area contributed by atoms with Gasteiger partial charge in [0, 0.05) is 49.4 Å². The third-order valence-corrected chi connectivity index (χ3v) is 19.4. The molecule has 3 heteroatoms. The molecule has 3 heterocycles. The first-order valence-corrected chi connectivity index (χ1v) is 30.7. The molecule has 0 N–H and O–H groups in total. The van der Waals surface area contributed by atoms with Crippen LogP contribution in [0.25, 0.3) is 149 Å². The lowest BCUT2D eigenvalue weighted by Crippen LogP contribution is -2.00. The van der Waals surface area contributed by atoms with Crippen molar-refractivity contribution in [3.8, 4) is 50.4 Å².